The Hall–Kier alpha value is -2.21. The minimum Gasteiger partial charge on any atom is -0.356 e. The van der Waals surface area contributed by atoms with Gasteiger partial charge in [-0.2, -0.15) is 0 Å². The van der Waals surface area contributed by atoms with Crippen LogP contribution in [0.15, 0.2) is 47.6 Å². The molecule has 0 bridgehead atoms. The number of nitrogens with zero attached hydrogens (tertiary/aromatic N) is 3. The molecule has 3 nitrogen and oxygen atoms in total. The molecule has 1 saturated heterocycles. The number of thioether (sulfide) groups is 1. The van der Waals surface area contributed by atoms with Crippen molar-refractivity contribution in [2.45, 2.75) is 23.7 Å². The van der Waals surface area contributed by atoms with Crippen LogP contribution < -0.4 is 4.90 Å². The topological polar surface area (TPSA) is 29.0 Å². The van der Waals surface area contributed by atoms with Crippen molar-refractivity contribution in [1.82, 2.24) is 9.97 Å². The molecule has 0 atom stereocenters. The molecule has 6 heteroatoms. The second-order valence-corrected chi connectivity index (χ2v) is 7.42. The van der Waals surface area contributed by atoms with Gasteiger partial charge in [0.15, 0.2) is 0 Å². The predicted molar refractivity (Wildman–Crippen MR) is 102 cm³/mol. The van der Waals surface area contributed by atoms with E-state index in [1.807, 2.05) is 12.3 Å². The van der Waals surface area contributed by atoms with Gasteiger partial charge in [-0.25, -0.2) is 18.7 Å². The third kappa shape index (κ3) is 3.38. The molecule has 0 amide bonds. The van der Waals surface area contributed by atoms with Crippen molar-refractivity contribution in [3.63, 3.8) is 0 Å². The van der Waals surface area contributed by atoms with Gasteiger partial charge in [0.05, 0.1) is 5.52 Å². The monoisotopic (exact) mass is 371 g/mol. The zero-order chi connectivity index (χ0) is 18.1. The lowest BCUT2D eigenvalue weighted by Crippen LogP contribution is -2.33. The molecule has 1 aromatic heterocycles. The zero-order valence-electron chi connectivity index (χ0n) is 14.5. The second kappa shape index (κ2) is 7.19. The van der Waals surface area contributed by atoms with E-state index in [1.165, 1.54) is 17.0 Å². The van der Waals surface area contributed by atoms with Crippen molar-refractivity contribution in [1.29, 1.82) is 0 Å². The van der Waals surface area contributed by atoms with E-state index in [2.05, 4.69) is 27.0 Å². The average Bonchev–Trinajstić information content (AvgIpc) is 2.66. The quantitative estimate of drug-likeness (QED) is 0.605. The highest BCUT2D eigenvalue weighted by Crippen LogP contribution is 2.33. The van der Waals surface area contributed by atoms with Crippen LogP contribution in [-0.4, -0.2) is 29.3 Å². The number of fused-ring (bicyclic) bond motifs is 1. The van der Waals surface area contributed by atoms with E-state index >= 15 is 0 Å². The maximum atomic E-state index is 13.5. The van der Waals surface area contributed by atoms with Gasteiger partial charge in [0, 0.05) is 29.4 Å². The van der Waals surface area contributed by atoms with Gasteiger partial charge in [-0.3, -0.25) is 0 Å². The number of benzene rings is 2. The number of hydrogen-bond acceptors (Lipinski definition) is 4. The van der Waals surface area contributed by atoms with Crippen LogP contribution in [0, 0.1) is 11.6 Å². The third-order valence-corrected chi connectivity index (χ3v) is 5.70. The molecule has 0 radical (unpaired) electrons. The number of aromatic nitrogens is 2. The van der Waals surface area contributed by atoms with Crippen molar-refractivity contribution in [3.05, 3.63) is 59.9 Å². The van der Waals surface area contributed by atoms with E-state index in [0.29, 0.717) is 0 Å². The summed E-state index contributed by atoms with van der Waals surface area (Å²) in [6.07, 6.45) is 5.34. The van der Waals surface area contributed by atoms with Gasteiger partial charge in [0.1, 0.15) is 23.8 Å². The summed E-state index contributed by atoms with van der Waals surface area (Å²) < 4.78 is 27.0. The molecule has 0 aliphatic carbocycles. The Morgan fingerprint density at radius 2 is 1.73 bits per heavy atom. The molecule has 0 spiro atoms. The first kappa shape index (κ1) is 17.2. The molecule has 0 saturated carbocycles. The Morgan fingerprint density at radius 1 is 1.00 bits per heavy atom. The highest BCUT2D eigenvalue weighted by atomic mass is 32.2. The first-order valence-electron chi connectivity index (χ1n) is 8.64. The first-order valence-corrected chi connectivity index (χ1v) is 9.86. The molecule has 0 N–H and O–H groups in total. The number of halogens is 2. The molecular weight excluding hydrogens is 352 g/mol. The van der Waals surface area contributed by atoms with Gasteiger partial charge in [0.2, 0.25) is 0 Å². The minimum atomic E-state index is -0.506. The SMILES string of the molecule is CSc1ccc2ncnc(N3CCC(c4cc(F)cc(F)c4)CC3)c2c1. The van der Waals surface area contributed by atoms with Crippen molar-refractivity contribution < 1.29 is 8.78 Å². The van der Waals surface area contributed by atoms with Crippen LogP contribution in [0.25, 0.3) is 10.9 Å². The average molecular weight is 371 g/mol. The Labute approximate surface area is 155 Å². The second-order valence-electron chi connectivity index (χ2n) is 6.54. The Bertz CT molecular complexity index is 919. The lowest BCUT2D eigenvalue weighted by atomic mass is 9.89. The molecule has 0 unspecified atom stereocenters. The van der Waals surface area contributed by atoms with Crippen molar-refractivity contribution in [2.75, 3.05) is 24.2 Å². The first-order chi connectivity index (χ1) is 12.6. The highest BCUT2D eigenvalue weighted by Gasteiger charge is 2.23. The van der Waals surface area contributed by atoms with Gasteiger partial charge in [-0.05, 0) is 60.9 Å². The third-order valence-electron chi connectivity index (χ3n) is 4.97. The van der Waals surface area contributed by atoms with Crippen molar-refractivity contribution in [3.8, 4) is 0 Å². The van der Waals surface area contributed by atoms with E-state index in [9.17, 15) is 8.78 Å². The van der Waals surface area contributed by atoms with Gasteiger partial charge in [-0.15, -0.1) is 11.8 Å². The van der Waals surface area contributed by atoms with Crippen LogP contribution in [0.4, 0.5) is 14.6 Å². The minimum absolute atomic E-state index is 0.173. The maximum absolute atomic E-state index is 13.5. The number of rotatable bonds is 3. The van der Waals surface area contributed by atoms with Crippen LogP contribution in [0.3, 0.4) is 0 Å². The molecule has 1 aliphatic rings. The van der Waals surface area contributed by atoms with Crippen LogP contribution >= 0.6 is 11.8 Å². The molecule has 2 aromatic carbocycles. The van der Waals surface area contributed by atoms with Crippen LogP contribution in [-0.2, 0) is 0 Å². The predicted octanol–water partition coefficient (Wildman–Crippen LogP) is 5.01. The Balaban J connectivity index is 1.57. The number of anilines is 1. The summed E-state index contributed by atoms with van der Waals surface area (Å²) >= 11 is 1.69. The molecule has 26 heavy (non-hydrogen) atoms. The van der Waals surface area contributed by atoms with Crippen molar-refractivity contribution in [2.24, 2.45) is 0 Å². The smallest absolute Gasteiger partial charge is 0.139 e. The molecule has 1 aliphatic heterocycles. The summed E-state index contributed by atoms with van der Waals surface area (Å²) in [7, 11) is 0. The van der Waals surface area contributed by atoms with Gasteiger partial charge in [0.25, 0.3) is 0 Å². The Kier molecular flexibility index (Phi) is 4.76. The van der Waals surface area contributed by atoms with Gasteiger partial charge < -0.3 is 4.90 Å². The van der Waals surface area contributed by atoms with Gasteiger partial charge >= 0.3 is 0 Å². The molecule has 3 aromatic rings. The fourth-order valence-electron chi connectivity index (χ4n) is 3.64. The zero-order valence-corrected chi connectivity index (χ0v) is 15.3. The maximum Gasteiger partial charge on any atom is 0.139 e. The largest absolute Gasteiger partial charge is 0.356 e. The summed E-state index contributed by atoms with van der Waals surface area (Å²) in [6.45, 7) is 1.61. The van der Waals surface area contributed by atoms with Crippen LogP contribution in [0.2, 0.25) is 0 Å². The lowest BCUT2D eigenvalue weighted by molar-refractivity contribution is 0.495. The fraction of sp³-hybridized carbons (Fsp3) is 0.300. The highest BCUT2D eigenvalue weighted by molar-refractivity contribution is 7.98. The fourth-order valence-corrected chi connectivity index (χ4v) is 4.08. The molecule has 1 fully saturated rings. The summed E-state index contributed by atoms with van der Waals surface area (Å²) in [5, 5.41) is 1.05. The van der Waals surface area contributed by atoms with E-state index in [0.717, 1.165) is 54.3 Å². The standard InChI is InChI=1S/C20H19F2N3S/c1-26-17-2-3-19-18(11-17)20(24-12-23-19)25-6-4-13(5-7-25)14-8-15(21)10-16(22)9-14/h2-3,8-13H,4-7H2,1H3. The molecule has 2 heterocycles. The summed E-state index contributed by atoms with van der Waals surface area (Å²) in [5.74, 6) is 0.101. The summed E-state index contributed by atoms with van der Waals surface area (Å²) in [6, 6.07) is 10.0. The molecule has 4 rings (SSSR count). The van der Waals surface area contributed by atoms with Crippen molar-refractivity contribution >= 4 is 28.5 Å². The van der Waals surface area contributed by atoms with E-state index < -0.39 is 11.6 Å². The van der Waals surface area contributed by atoms with E-state index in [4.69, 9.17) is 0 Å². The van der Waals surface area contributed by atoms with E-state index in [-0.39, 0.29) is 5.92 Å². The number of piperidine rings is 1. The normalized spacial score (nSPS) is 15.6. The Morgan fingerprint density at radius 3 is 2.42 bits per heavy atom. The lowest BCUT2D eigenvalue weighted by Gasteiger charge is -2.33. The van der Waals surface area contributed by atoms with Crippen LogP contribution in [0.1, 0.15) is 24.3 Å². The molecular formula is C20H19F2N3S. The summed E-state index contributed by atoms with van der Waals surface area (Å²) in [4.78, 5) is 12.3. The molecule has 134 valence electrons. The number of hydrogen-bond donors (Lipinski definition) is 0. The van der Waals surface area contributed by atoms with Crippen LogP contribution in [0.5, 0.6) is 0 Å². The van der Waals surface area contributed by atoms with Gasteiger partial charge in [-0.1, -0.05) is 0 Å². The van der Waals surface area contributed by atoms with E-state index in [1.54, 1.807) is 18.1 Å². The summed E-state index contributed by atoms with van der Waals surface area (Å²) in [5.41, 5.74) is 1.68.